The minimum atomic E-state index is -3.84. The first-order chi connectivity index (χ1) is 8.25. The van der Waals surface area contributed by atoms with Crippen molar-refractivity contribution in [2.75, 3.05) is 12.4 Å². The number of carbonyl (C=O) groups is 1. The van der Waals surface area contributed by atoms with Crippen molar-refractivity contribution < 1.29 is 17.9 Å². The molecular formula is C11H16N2O4S. The number of primary sulfonamides is 1. The van der Waals surface area contributed by atoms with Crippen LogP contribution in [0.2, 0.25) is 0 Å². The highest BCUT2D eigenvalue weighted by Crippen LogP contribution is 2.26. The van der Waals surface area contributed by atoms with E-state index in [1.165, 1.54) is 25.3 Å². The molecule has 1 aromatic rings. The van der Waals surface area contributed by atoms with Crippen molar-refractivity contribution in [1.29, 1.82) is 0 Å². The van der Waals surface area contributed by atoms with Gasteiger partial charge in [0.2, 0.25) is 15.9 Å². The summed E-state index contributed by atoms with van der Waals surface area (Å²) in [6.45, 7) is 3.51. The molecular weight excluding hydrogens is 256 g/mol. The molecule has 0 saturated heterocycles. The number of hydrogen-bond acceptors (Lipinski definition) is 4. The Morgan fingerprint density at radius 1 is 1.39 bits per heavy atom. The minimum absolute atomic E-state index is 0.0963. The lowest BCUT2D eigenvalue weighted by atomic mass is 10.2. The number of sulfonamides is 1. The Balaban J connectivity index is 3.11. The van der Waals surface area contributed by atoms with E-state index in [4.69, 9.17) is 9.88 Å². The van der Waals surface area contributed by atoms with E-state index in [1.807, 2.05) is 0 Å². The molecule has 0 aliphatic rings. The maximum Gasteiger partial charge on any atom is 0.241 e. The monoisotopic (exact) mass is 272 g/mol. The van der Waals surface area contributed by atoms with E-state index in [2.05, 4.69) is 5.32 Å². The van der Waals surface area contributed by atoms with E-state index in [0.29, 0.717) is 5.69 Å². The fourth-order valence-corrected chi connectivity index (χ4v) is 1.95. The van der Waals surface area contributed by atoms with Crippen LogP contribution in [0.4, 0.5) is 5.69 Å². The van der Waals surface area contributed by atoms with Crippen molar-refractivity contribution in [3.8, 4) is 5.75 Å². The lowest BCUT2D eigenvalue weighted by molar-refractivity contribution is -0.118. The number of methoxy groups -OCH3 is 1. The van der Waals surface area contributed by atoms with E-state index in [1.54, 1.807) is 13.8 Å². The number of nitrogens with one attached hydrogen (secondary N) is 1. The molecule has 0 aromatic heterocycles. The van der Waals surface area contributed by atoms with E-state index in [-0.39, 0.29) is 22.5 Å². The summed E-state index contributed by atoms with van der Waals surface area (Å²) in [6.07, 6.45) is 0. The van der Waals surface area contributed by atoms with Crippen molar-refractivity contribution in [1.82, 2.24) is 0 Å². The Morgan fingerprint density at radius 3 is 2.44 bits per heavy atom. The van der Waals surface area contributed by atoms with Crippen LogP contribution >= 0.6 is 0 Å². The molecule has 0 aliphatic heterocycles. The molecule has 0 bridgehead atoms. The molecule has 3 N–H and O–H groups in total. The number of benzene rings is 1. The third-order valence-electron chi connectivity index (χ3n) is 2.26. The summed E-state index contributed by atoms with van der Waals surface area (Å²) in [5.74, 6) is -0.242. The van der Waals surface area contributed by atoms with Crippen molar-refractivity contribution in [2.24, 2.45) is 11.1 Å². The highest BCUT2D eigenvalue weighted by molar-refractivity contribution is 7.89. The molecule has 0 fully saturated rings. The minimum Gasteiger partial charge on any atom is -0.495 e. The van der Waals surface area contributed by atoms with Gasteiger partial charge in [0, 0.05) is 17.7 Å². The van der Waals surface area contributed by atoms with Gasteiger partial charge in [-0.05, 0) is 12.1 Å². The van der Waals surface area contributed by atoms with Gasteiger partial charge in [0.1, 0.15) is 10.6 Å². The molecule has 18 heavy (non-hydrogen) atoms. The first-order valence-electron chi connectivity index (χ1n) is 5.27. The average molecular weight is 272 g/mol. The van der Waals surface area contributed by atoms with Crippen LogP contribution in [-0.2, 0) is 14.8 Å². The summed E-state index contributed by atoms with van der Waals surface area (Å²) in [5.41, 5.74) is 0.456. The zero-order valence-corrected chi connectivity index (χ0v) is 11.2. The molecule has 6 nitrogen and oxygen atoms in total. The zero-order chi connectivity index (χ0) is 13.9. The van der Waals surface area contributed by atoms with Crippen LogP contribution in [0.15, 0.2) is 23.1 Å². The summed E-state index contributed by atoms with van der Waals surface area (Å²) in [4.78, 5) is 11.4. The fourth-order valence-electron chi connectivity index (χ4n) is 1.27. The molecule has 0 heterocycles. The summed E-state index contributed by atoms with van der Waals surface area (Å²) in [5, 5.41) is 7.68. The molecule has 0 unspecified atom stereocenters. The third kappa shape index (κ3) is 3.44. The van der Waals surface area contributed by atoms with Crippen LogP contribution in [0.3, 0.4) is 0 Å². The Hall–Kier alpha value is -1.60. The Labute approximate surface area is 106 Å². The third-order valence-corrected chi connectivity index (χ3v) is 3.21. The quantitative estimate of drug-likeness (QED) is 0.852. The van der Waals surface area contributed by atoms with Crippen LogP contribution in [-0.4, -0.2) is 21.4 Å². The Bertz CT molecular complexity index is 552. The predicted molar refractivity (Wildman–Crippen MR) is 67.8 cm³/mol. The van der Waals surface area contributed by atoms with Gasteiger partial charge in [-0.15, -0.1) is 0 Å². The van der Waals surface area contributed by atoms with Gasteiger partial charge in [0.05, 0.1) is 7.11 Å². The highest BCUT2D eigenvalue weighted by atomic mass is 32.2. The van der Waals surface area contributed by atoms with Gasteiger partial charge in [-0.3, -0.25) is 4.79 Å². The van der Waals surface area contributed by atoms with Gasteiger partial charge in [0.25, 0.3) is 0 Å². The van der Waals surface area contributed by atoms with Crippen LogP contribution in [0.5, 0.6) is 5.75 Å². The molecule has 0 spiro atoms. The lowest BCUT2D eigenvalue weighted by Gasteiger charge is -2.11. The summed E-state index contributed by atoms with van der Waals surface area (Å²) in [7, 11) is -2.51. The van der Waals surface area contributed by atoms with Gasteiger partial charge in [-0.2, -0.15) is 0 Å². The Morgan fingerprint density at radius 2 is 2.00 bits per heavy atom. The predicted octanol–water partition coefficient (Wildman–Crippen LogP) is 0.937. The van der Waals surface area contributed by atoms with Gasteiger partial charge in [-0.25, -0.2) is 13.6 Å². The first kappa shape index (κ1) is 14.5. The molecule has 0 aliphatic carbocycles. The highest BCUT2D eigenvalue weighted by Gasteiger charge is 2.16. The summed E-state index contributed by atoms with van der Waals surface area (Å²) < 4.78 is 27.5. The smallest absolute Gasteiger partial charge is 0.241 e. The SMILES string of the molecule is COc1cc(NC(=O)C(C)C)ccc1S(N)(=O)=O. The van der Waals surface area contributed by atoms with Gasteiger partial charge in [-0.1, -0.05) is 13.8 Å². The zero-order valence-electron chi connectivity index (χ0n) is 10.4. The number of ether oxygens (including phenoxy) is 1. The van der Waals surface area contributed by atoms with Crippen molar-refractivity contribution in [3.05, 3.63) is 18.2 Å². The maximum absolute atomic E-state index is 11.5. The molecule has 1 amide bonds. The summed E-state index contributed by atoms with van der Waals surface area (Å²) in [6, 6.07) is 4.17. The van der Waals surface area contributed by atoms with Crippen LogP contribution in [0, 0.1) is 5.92 Å². The average Bonchev–Trinajstić information content (AvgIpc) is 2.27. The molecule has 0 radical (unpaired) electrons. The number of amides is 1. The second-order valence-corrected chi connectivity index (χ2v) is 5.58. The maximum atomic E-state index is 11.5. The second-order valence-electron chi connectivity index (χ2n) is 4.05. The molecule has 1 rings (SSSR count). The van der Waals surface area contributed by atoms with Gasteiger partial charge < -0.3 is 10.1 Å². The van der Waals surface area contributed by atoms with E-state index >= 15 is 0 Å². The summed E-state index contributed by atoms with van der Waals surface area (Å²) >= 11 is 0. The van der Waals surface area contributed by atoms with Crippen LogP contribution < -0.4 is 15.2 Å². The molecule has 0 saturated carbocycles. The lowest BCUT2D eigenvalue weighted by Crippen LogP contribution is -2.18. The van der Waals surface area contributed by atoms with Crippen molar-refractivity contribution in [3.63, 3.8) is 0 Å². The van der Waals surface area contributed by atoms with Gasteiger partial charge >= 0.3 is 0 Å². The van der Waals surface area contributed by atoms with E-state index < -0.39 is 10.0 Å². The topological polar surface area (TPSA) is 98.5 Å². The number of hydrogen-bond donors (Lipinski definition) is 2. The van der Waals surface area contributed by atoms with Crippen molar-refractivity contribution >= 4 is 21.6 Å². The molecule has 100 valence electrons. The number of anilines is 1. The number of nitrogens with two attached hydrogens (primary N) is 1. The molecule has 0 atom stereocenters. The van der Waals surface area contributed by atoms with E-state index in [9.17, 15) is 13.2 Å². The van der Waals surface area contributed by atoms with Crippen LogP contribution in [0.1, 0.15) is 13.8 Å². The van der Waals surface area contributed by atoms with E-state index in [0.717, 1.165) is 0 Å². The first-order valence-corrected chi connectivity index (χ1v) is 6.82. The van der Waals surface area contributed by atoms with Crippen molar-refractivity contribution in [2.45, 2.75) is 18.7 Å². The second kappa shape index (κ2) is 5.36. The van der Waals surface area contributed by atoms with Crippen LogP contribution in [0.25, 0.3) is 0 Å². The Kier molecular flexibility index (Phi) is 4.31. The fraction of sp³-hybridized carbons (Fsp3) is 0.364. The normalized spacial score (nSPS) is 11.4. The number of rotatable bonds is 4. The standard InChI is InChI=1S/C11H16N2O4S/c1-7(2)11(14)13-8-4-5-10(18(12,15)16)9(6-8)17-3/h4-7H,1-3H3,(H,13,14)(H2,12,15,16). The molecule has 1 aromatic carbocycles. The molecule has 7 heteroatoms. The largest absolute Gasteiger partial charge is 0.495 e. The number of carbonyl (C=O) groups excluding carboxylic acids is 1. The van der Waals surface area contributed by atoms with Gasteiger partial charge in [0.15, 0.2) is 0 Å².